The highest BCUT2D eigenvalue weighted by atomic mass is 16.5. The van der Waals surface area contributed by atoms with E-state index in [1.807, 2.05) is 49.4 Å². The molecule has 3 aromatic carbocycles. The summed E-state index contributed by atoms with van der Waals surface area (Å²) in [7, 11) is 5.92. The number of carbonyl (C=O) groups is 1. The first-order valence-electron chi connectivity index (χ1n) is 14.9. The van der Waals surface area contributed by atoms with Crippen molar-refractivity contribution in [1.29, 1.82) is 0 Å². The number of urea groups is 1. The Morgan fingerprint density at radius 3 is 2.43 bits per heavy atom. The van der Waals surface area contributed by atoms with Gasteiger partial charge in [0, 0.05) is 53.8 Å². The highest BCUT2D eigenvalue weighted by molar-refractivity contribution is 6.08. The van der Waals surface area contributed by atoms with E-state index in [1.54, 1.807) is 13.2 Å². The third kappa shape index (κ3) is 7.03. The largest absolute Gasteiger partial charge is 0.494 e. The van der Waals surface area contributed by atoms with Gasteiger partial charge < -0.3 is 30.7 Å². The van der Waals surface area contributed by atoms with Gasteiger partial charge in [0.2, 0.25) is 11.8 Å². The minimum Gasteiger partial charge on any atom is -0.494 e. The highest BCUT2D eigenvalue weighted by Gasteiger charge is 2.27. The number of carbonyl (C=O) groups excluding carboxylic acids is 1. The van der Waals surface area contributed by atoms with Crippen LogP contribution in [0.1, 0.15) is 44.0 Å². The number of nitrogens with zero attached hydrogens (tertiary/aromatic N) is 4. The number of likely N-dealkylation sites (tertiary alicyclic amines) is 1. The second-order valence-electron chi connectivity index (χ2n) is 12.7. The maximum Gasteiger partial charge on any atom is 0.323 e. The Morgan fingerprint density at radius 2 is 1.77 bits per heavy atom. The summed E-state index contributed by atoms with van der Waals surface area (Å²) < 4.78 is 12.0. The molecular formula is C34H43N7O3. The number of benzene rings is 3. The SMILES string of the molecule is COc1c(CN2CCC(N(C)C)C2)cc(C(C)(C)C)cc1NC(=O)Nc1ccc(Oc2cc(C)nc(N)n2)c2ccccc12. The van der Waals surface area contributed by atoms with Crippen molar-refractivity contribution < 1.29 is 14.3 Å². The molecule has 232 valence electrons. The number of aryl methyl sites for hydroxylation is 1. The number of likely N-dealkylation sites (N-methyl/N-ethyl adjacent to an activating group) is 1. The van der Waals surface area contributed by atoms with Crippen LogP contribution in [-0.2, 0) is 12.0 Å². The Morgan fingerprint density at radius 1 is 1.05 bits per heavy atom. The van der Waals surface area contributed by atoms with E-state index in [-0.39, 0.29) is 17.4 Å². The molecule has 10 nitrogen and oxygen atoms in total. The van der Waals surface area contributed by atoms with Gasteiger partial charge in [-0.2, -0.15) is 4.98 Å². The van der Waals surface area contributed by atoms with Gasteiger partial charge in [-0.15, -0.1) is 0 Å². The molecule has 0 radical (unpaired) electrons. The van der Waals surface area contributed by atoms with Crippen molar-refractivity contribution in [2.75, 3.05) is 50.7 Å². The van der Waals surface area contributed by atoms with Crippen molar-refractivity contribution in [1.82, 2.24) is 19.8 Å². The average Bonchev–Trinajstić information content (AvgIpc) is 3.42. The number of nitrogens with one attached hydrogen (secondary N) is 2. The summed E-state index contributed by atoms with van der Waals surface area (Å²) in [5.41, 5.74) is 9.86. The van der Waals surface area contributed by atoms with Crippen LogP contribution >= 0.6 is 0 Å². The normalized spacial score (nSPS) is 15.5. The van der Waals surface area contributed by atoms with Gasteiger partial charge in [0.15, 0.2) is 0 Å². The maximum atomic E-state index is 13.5. The Kier molecular flexibility index (Phi) is 8.94. The van der Waals surface area contributed by atoms with E-state index < -0.39 is 0 Å². The first kappa shape index (κ1) is 31.0. The van der Waals surface area contributed by atoms with Crippen LogP contribution in [0.3, 0.4) is 0 Å². The molecule has 4 N–H and O–H groups in total. The van der Waals surface area contributed by atoms with Crippen molar-refractivity contribution in [3.63, 3.8) is 0 Å². The van der Waals surface area contributed by atoms with E-state index in [4.69, 9.17) is 15.2 Å². The predicted octanol–water partition coefficient (Wildman–Crippen LogP) is 6.40. The van der Waals surface area contributed by atoms with Gasteiger partial charge >= 0.3 is 6.03 Å². The van der Waals surface area contributed by atoms with Crippen LogP contribution in [0, 0.1) is 6.92 Å². The molecule has 0 aliphatic carbocycles. The van der Waals surface area contributed by atoms with Gasteiger partial charge in [-0.3, -0.25) is 4.90 Å². The van der Waals surface area contributed by atoms with Crippen molar-refractivity contribution in [3.8, 4) is 17.4 Å². The molecule has 1 aromatic heterocycles. The smallest absolute Gasteiger partial charge is 0.323 e. The molecule has 1 saturated heterocycles. The molecule has 1 fully saturated rings. The number of ether oxygens (including phenoxy) is 2. The van der Waals surface area contributed by atoms with Gasteiger partial charge in [0.25, 0.3) is 0 Å². The molecule has 2 heterocycles. The Balaban J connectivity index is 1.41. The quantitative estimate of drug-likeness (QED) is 0.214. The number of hydrogen-bond donors (Lipinski definition) is 3. The van der Waals surface area contributed by atoms with Crippen LogP contribution < -0.4 is 25.8 Å². The summed E-state index contributed by atoms with van der Waals surface area (Å²) in [4.78, 5) is 26.6. The van der Waals surface area contributed by atoms with Crippen LogP contribution in [0.5, 0.6) is 17.4 Å². The fraction of sp³-hybridized carbons (Fsp3) is 0.382. The highest BCUT2D eigenvalue weighted by Crippen LogP contribution is 2.38. The molecule has 5 rings (SSSR count). The molecule has 1 unspecified atom stereocenters. The molecule has 44 heavy (non-hydrogen) atoms. The van der Waals surface area contributed by atoms with Crippen LogP contribution in [0.2, 0.25) is 0 Å². The van der Waals surface area contributed by atoms with E-state index >= 15 is 0 Å². The molecular weight excluding hydrogens is 554 g/mol. The zero-order valence-electron chi connectivity index (χ0n) is 26.7. The number of aromatic nitrogens is 2. The third-order valence-electron chi connectivity index (χ3n) is 8.05. The lowest BCUT2D eigenvalue weighted by molar-refractivity contribution is 0.261. The van der Waals surface area contributed by atoms with Crippen LogP contribution in [0.25, 0.3) is 10.8 Å². The summed E-state index contributed by atoms with van der Waals surface area (Å²) in [5.74, 6) is 1.76. The zero-order chi connectivity index (χ0) is 31.6. The fourth-order valence-electron chi connectivity index (χ4n) is 5.66. The van der Waals surface area contributed by atoms with E-state index in [2.05, 4.69) is 71.3 Å². The van der Waals surface area contributed by atoms with E-state index in [0.717, 1.165) is 48.0 Å². The number of rotatable bonds is 8. The molecule has 0 spiro atoms. The molecule has 10 heteroatoms. The number of nitrogen functional groups attached to an aromatic ring is 1. The van der Waals surface area contributed by atoms with Crippen LogP contribution in [0.15, 0.2) is 54.6 Å². The Hall–Kier alpha value is -4.41. The molecule has 1 atom stereocenters. The number of amides is 2. The summed E-state index contributed by atoms with van der Waals surface area (Å²) in [6.07, 6.45) is 1.13. The lowest BCUT2D eigenvalue weighted by Gasteiger charge is -2.26. The van der Waals surface area contributed by atoms with Crippen LogP contribution in [0.4, 0.5) is 22.1 Å². The van der Waals surface area contributed by atoms with Crippen molar-refractivity contribution in [3.05, 3.63) is 71.4 Å². The topological polar surface area (TPSA) is 118 Å². The number of nitrogens with two attached hydrogens (primary N) is 1. The lowest BCUT2D eigenvalue weighted by Crippen LogP contribution is -2.31. The Labute approximate surface area is 259 Å². The molecule has 4 aromatic rings. The first-order chi connectivity index (χ1) is 20.9. The molecule has 2 amide bonds. The lowest BCUT2D eigenvalue weighted by atomic mass is 9.85. The third-order valence-corrected chi connectivity index (χ3v) is 8.05. The average molecular weight is 598 g/mol. The summed E-state index contributed by atoms with van der Waals surface area (Å²) in [6, 6.07) is 17.5. The Bertz CT molecular complexity index is 1650. The number of hydrogen-bond acceptors (Lipinski definition) is 8. The molecule has 1 aliphatic heterocycles. The predicted molar refractivity (Wildman–Crippen MR) is 177 cm³/mol. The number of anilines is 3. The van der Waals surface area contributed by atoms with Crippen molar-refractivity contribution in [2.24, 2.45) is 0 Å². The molecule has 0 saturated carbocycles. The summed E-state index contributed by atoms with van der Waals surface area (Å²) >= 11 is 0. The molecule has 1 aliphatic rings. The minimum atomic E-state index is -0.368. The van der Waals surface area contributed by atoms with Gasteiger partial charge in [-0.1, -0.05) is 51.1 Å². The standard InChI is InChI=1S/C34H43N7O3/c1-21-16-30(39-32(35)36-21)44-29-13-12-27(25-10-8-9-11-26(25)29)37-33(42)38-28-18-23(34(2,3)4)17-22(31(28)43-7)19-41-15-14-24(20-41)40(5)6/h8-13,16-18,24H,14-15,19-20H2,1-7H3,(H2,35,36,39)(H2,37,38,42). The zero-order valence-corrected chi connectivity index (χ0v) is 26.7. The van der Waals surface area contributed by atoms with Crippen molar-refractivity contribution >= 4 is 34.1 Å². The second kappa shape index (κ2) is 12.7. The summed E-state index contributed by atoms with van der Waals surface area (Å²) in [5, 5.41) is 7.76. The first-order valence-corrected chi connectivity index (χ1v) is 14.9. The van der Waals surface area contributed by atoms with Gasteiger partial charge in [-0.05, 0) is 56.6 Å². The fourth-order valence-corrected chi connectivity index (χ4v) is 5.66. The van der Waals surface area contributed by atoms with Crippen molar-refractivity contribution in [2.45, 2.75) is 52.1 Å². The number of methoxy groups -OCH3 is 1. The van der Waals surface area contributed by atoms with E-state index in [1.165, 1.54) is 0 Å². The minimum absolute atomic E-state index is 0.121. The maximum absolute atomic E-state index is 13.5. The van der Waals surface area contributed by atoms with Crippen LogP contribution in [-0.4, -0.2) is 66.1 Å². The number of fused-ring (bicyclic) bond motifs is 1. The van der Waals surface area contributed by atoms with Gasteiger partial charge in [0.1, 0.15) is 11.5 Å². The second-order valence-corrected chi connectivity index (χ2v) is 12.7. The van der Waals surface area contributed by atoms with Gasteiger partial charge in [0.05, 0.1) is 18.5 Å². The monoisotopic (exact) mass is 597 g/mol. The summed E-state index contributed by atoms with van der Waals surface area (Å²) in [6.45, 7) is 11.1. The van der Waals surface area contributed by atoms with Gasteiger partial charge in [-0.25, -0.2) is 9.78 Å². The van der Waals surface area contributed by atoms with E-state index in [0.29, 0.717) is 40.5 Å². The molecule has 0 bridgehead atoms. The van der Waals surface area contributed by atoms with E-state index in [9.17, 15) is 4.79 Å².